The summed E-state index contributed by atoms with van der Waals surface area (Å²) in [4.78, 5) is 17.9. The molecule has 2 fully saturated rings. The fraction of sp³-hybridized carbons (Fsp3) is 0.882. The zero-order valence-electron chi connectivity index (χ0n) is 14.8. The fourth-order valence-electron chi connectivity index (χ4n) is 3.62. The number of hydrogen-bond acceptors (Lipinski definition) is 3. The molecule has 2 aliphatic carbocycles. The lowest BCUT2D eigenvalue weighted by Gasteiger charge is -2.25. The average molecular weight is 341 g/mol. The molecule has 3 atom stereocenters. The number of unbranched alkanes of at least 4 members (excludes halogenated alkanes) is 1. The van der Waals surface area contributed by atoms with Crippen LogP contribution in [0.3, 0.4) is 0 Å². The van der Waals surface area contributed by atoms with Crippen LogP contribution >= 0.6 is 11.8 Å². The van der Waals surface area contributed by atoms with Crippen molar-refractivity contribution in [3.8, 4) is 0 Å². The normalized spacial score (nSPS) is 26.4. The third kappa shape index (κ3) is 5.90. The molecule has 2 N–H and O–H groups in total. The second kappa shape index (κ2) is 9.40. The average Bonchev–Trinajstić information content (AvgIpc) is 3.14. The fourth-order valence-corrected chi connectivity index (χ4v) is 4.11. The van der Waals surface area contributed by atoms with Gasteiger partial charge in [-0.25, -0.2) is 4.99 Å². The van der Waals surface area contributed by atoms with E-state index >= 15 is 0 Å². The number of guanidine groups is 1. The van der Waals surface area contributed by atoms with Crippen molar-refractivity contribution < 1.29 is 4.79 Å². The van der Waals surface area contributed by atoms with Crippen LogP contribution in [0.4, 0.5) is 0 Å². The molecule has 0 heterocycles. The first-order valence-electron chi connectivity index (χ1n) is 8.84. The summed E-state index contributed by atoms with van der Waals surface area (Å²) < 4.78 is 0. The molecule has 0 aromatic rings. The van der Waals surface area contributed by atoms with Gasteiger partial charge in [-0.15, -0.1) is 0 Å². The number of nitrogens with one attached hydrogen (secondary N) is 2. The smallest absolute Gasteiger partial charge is 0.243 e. The van der Waals surface area contributed by atoms with Gasteiger partial charge >= 0.3 is 0 Å². The van der Waals surface area contributed by atoms with E-state index in [1.807, 2.05) is 11.8 Å². The first-order valence-corrected chi connectivity index (χ1v) is 10.2. The molecular weight excluding hydrogens is 308 g/mol. The van der Waals surface area contributed by atoms with Gasteiger partial charge in [0.25, 0.3) is 0 Å². The SMILES string of the molecule is CSCCCCNC(=NCC(=O)N(C)C)NC1CC2CCC1C2. The van der Waals surface area contributed by atoms with Crippen molar-refractivity contribution in [2.24, 2.45) is 16.8 Å². The van der Waals surface area contributed by atoms with Crippen LogP contribution in [0.25, 0.3) is 0 Å². The monoisotopic (exact) mass is 340 g/mol. The summed E-state index contributed by atoms with van der Waals surface area (Å²) in [7, 11) is 3.55. The van der Waals surface area contributed by atoms with Gasteiger partial charge < -0.3 is 15.5 Å². The molecule has 2 aliphatic rings. The number of rotatable bonds is 8. The topological polar surface area (TPSA) is 56.7 Å². The van der Waals surface area contributed by atoms with Crippen LogP contribution in [-0.2, 0) is 4.79 Å². The third-order valence-corrected chi connectivity index (χ3v) is 5.70. The van der Waals surface area contributed by atoms with Gasteiger partial charge in [0.15, 0.2) is 5.96 Å². The number of carbonyl (C=O) groups is 1. The molecule has 6 heteroatoms. The summed E-state index contributed by atoms with van der Waals surface area (Å²) in [5.74, 6) is 3.77. The Morgan fingerprint density at radius 3 is 2.70 bits per heavy atom. The molecule has 1 amide bonds. The molecule has 3 unspecified atom stereocenters. The van der Waals surface area contributed by atoms with Gasteiger partial charge in [0.2, 0.25) is 5.91 Å². The van der Waals surface area contributed by atoms with E-state index in [1.165, 1.54) is 37.9 Å². The molecule has 2 bridgehead atoms. The molecule has 23 heavy (non-hydrogen) atoms. The number of nitrogens with zero attached hydrogens (tertiary/aromatic N) is 2. The molecule has 132 valence electrons. The predicted octanol–water partition coefficient (Wildman–Crippen LogP) is 1.94. The van der Waals surface area contributed by atoms with E-state index in [0.29, 0.717) is 6.04 Å². The van der Waals surface area contributed by atoms with Gasteiger partial charge in [0.1, 0.15) is 6.54 Å². The lowest BCUT2D eigenvalue weighted by atomic mass is 9.95. The number of hydrogen-bond donors (Lipinski definition) is 2. The Hall–Kier alpha value is -0.910. The van der Waals surface area contributed by atoms with Crippen LogP contribution in [0.5, 0.6) is 0 Å². The highest BCUT2D eigenvalue weighted by molar-refractivity contribution is 7.98. The molecule has 0 spiro atoms. The summed E-state index contributed by atoms with van der Waals surface area (Å²) >= 11 is 1.89. The minimum absolute atomic E-state index is 0.0430. The maximum absolute atomic E-state index is 11.8. The molecule has 0 saturated heterocycles. The van der Waals surface area contributed by atoms with Gasteiger partial charge in [-0.1, -0.05) is 6.42 Å². The minimum Gasteiger partial charge on any atom is -0.356 e. The van der Waals surface area contributed by atoms with E-state index in [-0.39, 0.29) is 12.5 Å². The quantitative estimate of drug-likeness (QED) is 0.403. The lowest BCUT2D eigenvalue weighted by Crippen LogP contribution is -2.46. The highest BCUT2D eigenvalue weighted by atomic mass is 32.2. The number of thioether (sulfide) groups is 1. The second-order valence-corrected chi connectivity index (χ2v) is 7.99. The van der Waals surface area contributed by atoms with Crippen LogP contribution in [0, 0.1) is 11.8 Å². The third-order valence-electron chi connectivity index (χ3n) is 5.00. The maximum atomic E-state index is 11.8. The van der Waals surface area contributed by atoms with Crippen molar-refractivity contribution in [2.45, 2.75) is 44.6 Å². The van der Waals surface area contributed by atoms with Gasteiger partial charge in [-0.2, -0.15) is 11.8 Å². The highest BCUT2D eigenvalue weighted by Crippen LogP contribution is 2.44. The van der Waals surface area contributed by atoms with Crippen molar-refractivity contribution in [1.82, 2.24) is 15.5 Å². The summed E-state index contributed by atoms with van der Waals surface area (Å²) in [6, 6.07) is 0.542. The van der Waals surface area contributed by atoms with E-state index in [9.17, 15) is 4.79 Å². The van der Waals surface area contributed by atoms with Crippen LogP contribution in [0.15, 0.2) is 4.99 Å². The molecule has 2 rings (SSSR count). The first kappa shape index (κ1) is 18.4. The first-order chi connectivity index (χ1) is 11.1. The number of carbonyl (C=O) groups excluding carboxylic acids is 1. The Labute approximate surface area is 145 Å². The standard InChI is InChI=1S/C17H32N4OS/c1-21(2)16(22)12-19-17(18-8-4-5-9-23-3)20-15-11-13-6-7-14(15)10-13/h13-15H,4-12H2,1-3H3,(H2,18,19,20). The van der Waals surface area contributed by atoms with Crippen LogP contribution < -0.4 is 10.6 Å². The molecule has 0 radical (unpaired) electrons. The summed E-state index contributed by atoms with van der Waals surface area (Å²) in [6.07, 6.45) is 9.88. The largest absolute Gasteiger partial charge is 0.356 e. The number of likely N-dealkylation sites (N-methyl/N-ethyl adjacent to an activating group) is 1. The van der Waals surface area contributed by atoms with E-state index in [2.05, 4.69) is 21.9 Å². The number of fused-ring (bicyclic) bond motifs is 2. The Bertz CT molecular complexity index is 413. The molecule has 2 saturated carbocycles. The van der Waals surface area contributed by atoms with E-state index < -0.39 is 0 Å². The van der Waals surface area contributed by atoms with Gasteiger partial charge in [-0.3, -0.25) is 4.79 Å². The Kier molecular flexibility index (Phi) is 7.53. The van der Waals surface area contributed by atoms with Crippen molar-refractivity contribution >= 4 is 23.6 Å². The summed E-state index contributed by atoms with van der Waals surface area (Å²) in [5.41, 5.74) is 0. The van der Waals surface area contributed by atoms with Crippen molar-refractivity contribution in [2.75, 3.05) is 39.2 Å². The molecule has 0 aromatic heterocycles. The Balaban J connectivity index is 1.82. The van der Waals surface area contributed by atoms with Crippen molar-refractivity contribution in [3.63, 3.8) is 0 Å². The Morgan fingerprint density at radius 2 is 2.09 bits per heavy atom. The second-order valence-electron chi connectivity index (χ2n) is 7.01. The predicted molar refractivity (Wildman–Crippen MR) is 99.0 cm³/mol. The summed E-state index contributed by atoms with van der Waals surface area (Å²) in [6.45, 7) is 1.14. The Morgan fingerprint density at radius 1 is 1.26 bits per heavy atom. The maximum Gasteiger partial charge on any atom is 0.243 e. The van der Waals surface area contributed by atoms with E-state index in [1.54, 1.807) is 19.0 Å². The highest BCUT2D eigenvalue weighted by Gasteiger charge is 2.39. The zero-order valence-corrected chi connectivity index (χ0v) is 15.6. The molecule has 0 aliphatic heterocycles. The lowest BCUT2D eigenvalue weighted by molar-refractivity contribution is -0.127. The molecule has 0 aromatic carbocycles. The van der Waals surface area contributed by atoms with Crippen molar-refractivity contribution in [3.05, 3.63) is 0 Å². The van der Waals surface area contributed by atoms with Gasteiger partial charge in [0, 0.05) is 26.7 Å². The van der Waals surface area contributed by atoms with Gasteiger partial charge in [0.05, 0.1) is 0 Å². The van der Waals surface area contributed by atoms with Crippen molar-refractivity contribution in [1.29, 1.82) is 0 Å². The molecular formula is C17H32N4OS. The zero-order chi connectivity index (χ0) is 16.7. The number of amides is 1. The van der Waals surface area contributed by atoms with E-state index in [0.717, 1.165) is 30.8 Å². The van der Waals surface area contributed by atoms with Gasteiger partial charge in [-0.05, 0) is 55.9 Å². The van der Waals surface area contributed by atoms with Crippen LogP contribution in [-0.4, -0.2) is 62.0 Å². The van der Waals surface area contributed by atoms with E-state index in [4.69, 9.17) is 0 Å². The summed E-state index contributed by atoms with van der Waals surface area (Å²) in [5, 5.41) is 7.01. The minimum atomic E-state index is 0.0430. The van der Waals surface area contributed by atoms with Crippen LogP contribution in [0.2, 0.25) is 0 Å². The molecule has 5 nitrogen and oxygen atoms in total. The van der Waals surface area contributed by atoms with Crippen LogP contribution in [0.1, 0.15) is 38.5 Å². The number of aliphatic imine (C=N–C) groups is 1.